The van der Waals surface area contributed by atoms with E-state index in [1.165, 1.54) is 4.31 Å². The normalized spacial score (nSPS) is 12.2. The van der Waals surface area contributed by atoms with Crippen LogP contribution in [0.4, 0.5) is 5.69 Å². The van der Waals surface area contributed by atoms with Crippen molar-refractivity contribution in [3.8, 4) is 11.5 Å². The van der Waals surface area contributed by atoms with E-state index >= 15 is 0 Å². The van der Waals surface area contributed by atoms with Crippen LogP contribution in [0.2, 0.25) is 0 Å². The first-order chi connectivity index (χ1) is 20.8. The average molecular weight is 624 g/mol. The van der Waals surface area contributed by atoms with Crippen molar-refractivity contribution in [3.05, 3.63) is 90.0 Å². The summed E-state index contributed by atoms with van der Waals surface area (Å²) in [6, 6.07) is 23.0. The Morgan fingerprint density at radius 3 is 2.16 bits per heavy atom. The summed E-state index contributed by atoms with van der Waals surface area (Å²) >= 11 is 0. The van der Waals surface area contributed by atoms with Gasteiger partial charge in [0.05, 0.1) is 25.7 Å². The number of amides is 2. The van der Waals surface area contributed by atoms with Crippen molar-refractivity contribution < 1.29 is 27.5 Å². The van der Waals surface area contributed by atoms with Crippen LogP contribution >= 0.6 is 0 Å². The lowest BCUT2D eigenvalue weighted by atomic mass is 10.00. The van der Waals surface area contributed by atoms with Crippen LogP contribution in [0.15, 0.2) is 78.9 Å². The topological polar surface area (TPSA) is 105 Å². The number of methoxy groups -OCH3 is 1. The smallest absolute Gasteiger partial charge is 0.243 e. The highest BCUT2D eigenvalue weighted by atomic mass is 32.2. The highest BCUT2D eigenvalue weighted by Crippen LogP contribution is 2.24. The molecule has 10 heteroatoms. The predicted molar refractivity (Wildman–Crippen MR) is 174 cm³/mol. The van der Waals surface area contributed by atoms with Gasteiger partial charge in [0.15, 0.2) is 0 Å². The van der Waals surface area contributed by atoms with Gasteiger partial charge in [-0.15, -0.1) is 0 Å². The van der Waals surface area contributed by atoms with Crippen LogP contribution < -0.4 is 19.1 Å². The fourth-order valence-electron chi connectivity index (χ4n) is 4.85. The molecule has 0 heterocycles. The zero-order valence-electron chi connectivity index (χ0n) is 26.6. The van der Waals surface area contributed by atoms with Gasteiger partial charge in [-0.3, -0.25) is 13.9 Å². The third kappa shape index (κ3) is 10.6. The van der Waals surface area contributed by atoms with E-state index in [-0.39, 0.29) is 37.7 Å². The summed E-state index contributed by atoms with van der Waals surface area (Å²) in [5.74, 6) is 0.779. The van der Waals surface area contributed by atoms with Crippen LogP contribution in [0, 0.1) is 0 Å². The molecular formula is C34H45N3O6S. The number of rotatable bonds is 15. The molecule has 0 aromatic heterocycles. The predicted octanol–water partition coefficient (Wildman–Crippen LogP) is 5.19. The van der Waals surface area contributed by atoms with Crippen LogP contribution in [-0.4, -0.2) is 63.2 Å². The zero-order valence-corrected chi connectivity index (χ0v) is 27.4. The van der Waals surface area contributed by atoms with Gasteiger partial charge < -0.3 is 19.7 Å². The van der Waals surface area contributed by atoms with Gasteiger partial charge in [0.2, 0.25) is 21.8 Å². The second kappa shape index (κ2) is 15.6. The van der Waals surface area contributed by atoms with Crippen molar-refractivity contribution in [3.63, 3.8) is 0 Å². The largest absolute Gasteiger partial charge is 0.497 e. The molecule has 3 aromatic rings. The maximum atomic E-state index is 14.0. The molecule has 0 radical (unpaired) electrons. The minimum Gasteiger partial charge on any atom is -0.497 e. The molecule has 2 amide bonds. The van der Waals surface area contributed by atoms with Crippen molar-refractivity contribution >= 4 is 27.5 Å². The first kappa shape index (κ1) is 34.4. The highest BCUT2D eigenvalue weighted by molar-refractivity contribution is 7.92. The molecule has 0 aliphatic rings. The maximum absolute atomic E-state index is 14.0. The van der Waals surface area contributed by atoms with Crippen molar-refractivity contribution in [1.82, 2.24) is 10.2 Å². The van der Waals surface area contributed by atoms with E-state index in [9.17, 15) is 18.0 Å². The fourth-order valence-corrected chi connectivity index (χ4v) is 5.82. The van der Waals surface area contributed by atoms with Crippen LogP contribution in [0.3, 0.4) is 0 Å². The van der Waals surface area contributed by atoms with Gasteiger partial charge in [0.25, 0.3) is 0 Å². The van der Waals surface area contributed by atoms with Gasteiger partial charge in [0.1, 0.15) is 17.5 Å². The zero-order chi connectivity index (χ0) is 32.3. The third-order valence-corrected chi connectivity index (χ3v) is 8.04. The Morgan fingerprint density at radius 2 is 1.57 bits per heavy atom. The summed E-state index contributed by atoms with van der Waals surface area (Å²) in [6.45, 7) is 8.37. The van der Waals surface area contributed by atoms with Crippen molar-refractivity contribution in [2.45, 2.75) is 65.1 Å². The number of carbonyl (C=O) groups excluding carboxylic acids is 2. The fraction of sp³-hybridized carbons (Fsp3) is 0.412. The molecule has 238 valence electrons. The number of sulfonamides is 1. The Hall–Kier alpha value is -4.05. The molecule has 0 aliphatic carbocycles. The van der Waals surface area contributed by atoms with Gasteiger partial charge in [-0.05, 0) is 81.6 Å². The molecule has 0 fully saturated rings. The number of nitrogens with one attached hydrogen (secondary N) is 1. The molecule has 0 saturated heterocycles. The van der Waals surface area contributed by atoms with Crippen molar-refractivity contribution in [2.24, 2.45) is 0 Å². The number of hydrogen-bond acceptors (Lipinski definition) is 6. The summed E-state index contributed by atoms with van der Waals surface area (Å²) in [4.78, 5) is 29.4. The Bertz CT molecular complexity index is 1470. The first-order valence-corrected chi connectivity index (χ1v) is 16.6. The molecule has 3 aromatic carbocycles. The number of ether oxygens (including phenoxy) is 2. The van der Waals surface area contributed by atoms with E-state index in [4.69, 9.17) is 9.47 Å². The van der Waals surface area contributed by atoms with Crippen molar-refractivity contribution in [2.75, 3.05) is 30.8 Å². The SMILES string of the molecule is CCOc1ccc(N(CCCC(=O)N(Cc2cccc(OC)c2)C(Cc2ccccc2)C(=O)NC(C)(C)C)S(C)(=O)=O)cc1. The van der Waals surface area contributed by atoms with E-state index < -0.39 is 21.6 Å². The second-order valence-corrected chi connectivity index (χ2v) is 13.6. The molecule has 3 rings (SSSR count). The van der Waals surface area contributed by atoms with Crippen molar-refractivity contribution in [1.29, 1.82) is 0 Å². The summed E-state index contributed by atoms with van der Waals surface area (Å²) in [6.07, 6.45) is 1.76. The molecule has 0 aliphatic heterocycles. The monoisotopic (exact) mass is 623 g/mol. The third-order valence-electron chi connectivity index (χ3n) is 6.84. The Kier molecular flexibility index (Phi) is 12.2. The summed E-state index contributed by atoms with van der Waals surface area (Å²) in [5.41, 5.74) is 1.71. The molecule has 1 atom stereocenters. The first-order valence-electron chi connectivity index (χ1n) is 14.8. The minimum atomic E-state index is -3.62. The number of anilines is 1. The number of benzene rings is 3. The van der Waals surface area contributed by atoms with Crippen LogP contribution in [-0.2, 0) is 32.6 Å². The highest BCUT2D eigenvalue weighted by Gasteiger charge is 2.32. The lowest BCUT2D eigenvalue weighted by Gasteiger charge is -2.34. The average Bonchev–Trinajstić information content (AvgIpc) is 2.97. The molecule has 1 N–H and O–H groups in total. The lowest BCUT2D eigenvalue weighted by molar-refractivity contribution is -0.142. The summed E-state index contributed by atoms with van der Waals surface area (Å²) in [5, 5.41) is 3.06. The van der Waals surface area contributed by atoms with Gasteiger partial charge >= 0.3 is 0 Å². The Labute approximate surface area is 262 Å². The molecule has 0 spiro atoms. The second-order valence-electron chi connectivity index (χ2n) is 11.7. The quantitative estimate of drug-likeness (QED) is 0.250. The number of carbonyl (C=O) groups is 2. The molecule has 44 heavy (non-hydrogen) atoms. The summed E-state index contributed by atoms with van der Waals surface area (Å²) in [7, 11) is -2.04. The van der Waals surface area contributed by atoms with E-state index in [0.29, 0.717) is 30.2 Å². The Balaban J connectivity index is 1.90. The minimum absolute atomic E-state index is 0.0428. The van der Waals surface area contributed by atoms with Crippen LogP contribution in [0.25, 0.3) is 0 Å². The maximum Gasteiger partial charge on any atom is 0.243 e. The molecule has 0 saturated carbocycles. The van der Waals surface area contributed by atoms with Crippen LogP contribution in [0.1, 0.15) is 51.7 Å². The molecule has 1 unspecified atom stereocenters. The van der Waals surface area contributed by atoms with E-state index in [2.05, 4.69) is 5.32 Å². The summed E-state index contributed by atoms with van der Waals surface area (Å²) < 4.78 is 37.6. The Morgan fingerprint density at radius 1 is 0.909 bits per heavy atom. The molecular weight excluding hydrogens is 578 g/mol. The molecule has 9 nitrogen and oxygen atoms in total. The van der Waals surface area contributed by atoms with Gasteiger partial charge in [0, 0.05) is 31.5 Å². The molecule has 0 bridgehead atoms. The van der Waals surface area contributed by atoms with Gasteiger partial charge in [-0.2, -0.15) is 0 Å². The lowest BCUT2D eigenvalue weighted by Crippen LogP contribution is -2.54. The van der Waals surface area contributed by atoms with Crippen LogP contribution in [0.5, 0.6) is 11.5 Å². The van der Waals surface area contributed by atoms with E-state index in [1.54, 1.807) is 36.3 Å². The standard InChI is InChI=1S/C34H45N3O6S/c1-7-43-29-20-18-28(19-21-29)37(44(6,40)41)22-12-17-32(38)36(25-27-15-11-16-30(23-27)42-5)31(33(39)35-34(2,3)4)24-26-13-9-8-10-14-26/h8-11,13-16,18-21,23,31H,7,12,17,22,24-25H2,1-6H3,(H,35,39). The number of hydrogen-bond donors (Lipinski definition) is 1. The van der Waals surface area contributed by atoms with E-state index in [1.807, 2.05) is 82.3 Å². The van der Waals surface area contributed by atoms with Gasteiger partial charge in [-0.25, -0.2) is 8.42 Å². The van der Waals surface area contributed by atoms with Gasteiger partial charge in [-0.1, -0.05) is 42.5 Å². The number of nitrogens with zero attached hydrogens (tertiary/aromatic N) is 2. The van der Waals surface area contributed by atoms with E-state index in [0.717, 1.165) is 17.4 Å².